The molecular weight excluding hydrogens is 238 g/mol. The Kier molecular flexibility index (Phi) is 3.80. The van der Waals surface area contributed by atoms with Crippen molar-refractivity contribution in [2.75, 3.05) is 34.7 Å². The van der Waals surface area contributed by atoms with Crippen LogP contribution in [-0.2, 0) is 12.0 Å². The number of guanidine groups is 1. The molecule has 1 atom stereocenters. The van der Waals surface area contributed by atoms with E-state index in [4.69, 9.17) is 0 Å². The zero-order chi connectivity index (χ0) is 14.0. The summed E-state index contributed by atoms with van der Waals surface area (Å²) < 4.78 is 0. The smallest absolute Gasteiger partial charge is 0.195 e. The van der Waals surface area contributed by atoms with Crippen molar-refractivity contribution < 1.29 is 5.11 Å². The average Bonchev–Trinajstić information content (AvgIpc) is 2.68. The SMILES string of the molecule is CN(C)C(=NCC1(O)CCc2ccccc21)N(C)C. The van der Waals surface area contributed by atoms with E-state index in [0.29, 0.717) is 6.54 Å². The van der Waals surface area contributed by atoms with E-state index in [1.807, 2.05) is 56.2 Å². The number of nitrogens with zero attached hydrogens (tertiary/aromatic N) is 3. The van der Waals surface area contributed by atoms with Gasteiger partial charge in [0.2, 0.25) is 0 Å². The molecule has 0 radical (unpaired) electrons. The molecule has 0 aliphatic heterocycles. The molecule has 0 aromatic heterocycles. The van der Waals surface area contributed by atoms with E-state index < -0.39 is 5.60 Å². The summed E-state index contributed by atoms with van der Waals surface area (Å²) >= 11 is 0. The van der Waals surface area contributed by atoms with Crippen LogP contribution >= 0.6 is 0 Å². The van der Waals surface area contributed by atoms with Gasteiger partial charge in [-0.3, -0.25) is 0 Å². The number of aliphatic hydroxyl groups is 1. The molecule has 0 saturated carbocycles. The van der Waals surface area contributed by atoms with Gasteiger partial charge in [-0.1, -0.05) is 24.3 Å². The van der Waals surface area contributed by atoms with Crippen LogP contribution in [0.15, 0.2) is 29.3 Å². The maximum atomic E-state index is 10.8. The van der Waals surface area contributed by atoms with Crippen molar-refractivity contribution >= 4 is 5.96 Å². The van der Waals surface area contributed by atoms with Crippen molar-refractivity contribution in [3.63, 3.8) is 0 Å². The van der Waals surface area contributed by atoms with Crippen LogP contribution < -0.4 is 0 Å². The molecule has 0 saturated heterocycles. The number of aryl methyl sites for hydroxylation is 1. The minimum Gasteiger partial charge on any atom is -0.383 e. The maximum absolute atomic E-state index is 10.8. The lowest BCUT2D eigenvalue weighted by atomic mass is 9.96. The van der Waals surface area contributed by atoms with Crippen LogP contribution in [0.5, 0.6) is 0 Å². The van der Waals surface area contributed by atoms with Crippen LogP contribution in [0, 0.1) is 0 Å². The molecule has 1 aromatic carbocycles. The topological polar surface area (TPSA) is 39.1 Å². The molecule has 1 aliphatic carbocycles. The van der Waals surface area contributed by atoms with E-state index in [1.165, 1.54) is 5.56 Å². The molecule has 0 amide bonds. The number of hydrogen-bond acceptors (Lipinski definition) is 2. The quantitative estimate of drug-likeness (QED) is 0.644. The Morgan fingerprint density at radius 1 is 1.21 bits per heavy atom. The lowest BCUT2D eigenvalue weighted by Crippen LogP contribution is -2.37. The van der Waals surface area contributed by atoms with Gasteiger partial charge in [-0.25, -0.2) is 4.99 Å². The second-order valence-corrected chi connectivity index (χ2v) is 5.59. The summed E-state index contributed by atoms with van der Waals surface area (Å²) in [5, 5.41) is 10.8. The molecular formula is C15H23N3O. The maximum Gasteiger partial charge on any atom is 0.195 e. The first-order chi connectivity index (χ1) is 8.94. The summed E-state index contributed by atoms with van der Waals surface area (Å²) in [7, 11) is 7.86. The van der Waals surface area contributed by atoms with Crippen LogP contribution in [0.25, 0.3) is 0 Å². The molecule has 4 heteroatoms. The fourth-order valence-corrected chi connectivity index (χ4v) is 2.72. The van der Waals surface area contributed by atoms with Gasteiger partial charge in [-0.2, -0.15) is 0 Å². The van der Waals surface area contributed by atoms with E-state index in [0.717, 1.165) is 24.4 Å². The molecule has 1 N–H and O–H groups in total. The van der Waals surface area contributed by atoms with Crippen molar-refractivity contribution in [3.05, 3.63) is 35.4 Å². The van der Waals surface area contributed by atoms with Gasteiger partial charge in [0, 0.05) is 28.2 Å². The highest BCUT2D eigenvalue weighted by Crippen LogP contribution is 2.36. The van der Waals surface area contributed by atoms with Crippen molar-refractivity contribution in [1.82, 2.24) is 9.80 Å². The molecule has 1 aliphatic rings. The largest absolute Gasteiger partial charge is 0.383 e. The molecule has 0 spiro atoms. The van der Waals surface area contributed by atoms with Crippen LogP contribution in [0.4, 0.5) is 0 Å². The Balaban J connectivity index is 2.22. The molecule has 104 valence electrons. The molecule has 0 heterocycles. The summed E-state index contributed by atoms with van der Waals surface area (Å²) in [5.74, 6) is 0.873. The standard InChI is InChI=1S/C15H23N3O/c1-17(2)14(18(3)4)16-11-15(19)10-9-12-7-5-6-8-13(12)15/h5-8,19H,9-11H2,1-4H3. The predicted octanol–water partition coefficient (Wildman–Crippen LogP) is 1.30. The van der Waals surface area contributed by atoms with Crippen LogP contribution in [-0.4, -0.2) is 55.6 Å². The van der Waals surface area contributed by atoms with Crippen molar-refractivity contribution in [2.45, 2.75) is 18.4 Å². The molecule has 19 heavy (non-hydrogen) atoms. The Bertz CT molecular complexity index is 472. The van der Waals surface area contributed by atoms with E-state index in [9.17, 15) is 5.11 Å². The van der Waals surface area contributed by atoms with Crippen LogP contribution in [0.2, 0.25) is 0 Å². The molecule has 0 bridgehead atoms. The highest BCUT2D eigenvalue weighted by atomic mass is 16.3. The minimum atomic E-state index is -0.812. The number of hydrogen-bond donors (Lipinski definition) is 1. The summed E-state index contributed by atoms with van der Waals surface area (Å²) in [4.78, 5) is 8.52. The van der Waals surface area contributed by atoms with Crippen molar-refractivity contribution in [1.29, 1.82) is 0 Å². The first-order valence-corrected chi connectivity index (χ1v) is 6.64. The van der Waals surface area contributed by atoms with E-state index >= 15 is 0 Å². The van der Waals surface area contributed by atoms with Crippen molar-refractivity contribution in [2.24, 2.45) is 4.99 Å². The summed E-state index contributed by atoms with van der Waals surface area (Å²) in [6, 6.07) is 8.12. The third-order valence-electron chi connectivity index (χ3n) is 3.61. The Morgan fingerprint density at radius 3 is 2.47 bits per heavy atom. The predicted molar refractivity (Wildman–Crippen MR) is 78.3 cm³/mol. The molecule has 1 unspecified atom stereocenters. The number of aliphatic imine (C=N–C) groups is 1. The number of fused-ring (bicyclic) bond motifs is 1. The van der Waals surface area contributed by atoms with Gasteiger partial charge in [-0.05, 0) is 24.0 Å². The van der Waals surface area contributed by atoms with Crippen molar-refractivity contribution in [3.8, 4) is 0 Å². The molecule has 1 aromatic rings. The van der Waals surface area contributed by atoms with Gasteiger partial charge in [-0.15, -0.1) is 0 Å². The number of rotatable bonds is 2. The second-order valence-electron chi connectivity index (χ2n) is 5.59. The third-order valence-corrected chi connectivity index (χ3v) is 3.61. The lowest BCUT2D eigenvalue weighted by Gasteiger charge is -2.26. The second kappa shape index (κ2) is 5.21. The summed E-state index contributed by atoms with van der Waals surface area (Å²) in [6.45, 7) is 0.412. The zero-order valence-corrected chi connectivity index (χ0v) is 12.2. The monoisotopic (exact) mass is 261 g/mol. The van der Waals surface area contributed by atoms with Gasteiger partial charge < -0.3 is 14.9 Å². The third kappa shape index (κ3) is 2.73. The highest BCUT2D eigenvalue weighted by molar-refractivity contribution is 5.79. The lowest BCUT2D eigenvalue weighted by molar-refractivity contribution is 0.0482. The fourth-order valence-electron chi connectivity index (χ4n) is 2.72. The van der Waals surface area contributed by atoms with Gasteiger partial charge in [0.25, 0.3) is 0 Å². The molecule has 0 fully saturated rings. The van der Waals surface area contributed by atoms with Crippen LogP contribution in [0.1, 0.15) is 17.5 Å². The van der Waals surface area contributed by atoms with Crippen LogP contribution in [0.3, 0.4) is 0 Å². The molecule has 4 nitrogen and oxygen atoms in total. The van der Waals surface area contributed by atoms with Gasteiger partial charge in [0.15, 0.2) is 5.96 Å². The first-order valence-electron chi connectivity index (χ1n) is 6.64. The first kappa shape index (κ1) is 13.9. The van der Waals surface area contributed by atoms with E-state index in [2.05, 4.69) is 11.1 Å². The fraction of sp³-hybridized carbons (Fsp3) is 0.533. The van der Waals surface area contributed by atoms with Gasteiger partial charge in [0.05, 0.1) is 6.54 Å². The highest BCUT2D eigenvalue weighted by Gasteiger charge is 2.36. The zero-order valence-electron chi connectivity index (χ0n) is 12.2. The Labute approximate surface area is 115 Å². The van der Waals surface area contributed by atoms with E-state index in [-0.39, 0.29) is 0 Å². The molecule has 2 rings (SSSR count). The average molecular weight is 261 g/mol. The summed E-state index contributed by atoms with van der Waals surface area (Å²) in [5.41, 5.74) is 1.47. The van der Waals surface area contributed by atoms with Gasteiger partial charge >= 0.3 is 0 Å². The Hall–Kier alpha value is -1.55. The van der Waals surface area contributed by atoms with Gasteiger partial charge in [0.1, 0.15) is 5.60 Å². The summed E-state index contributed by atoms with van der Waals surface area (Å²) in [6.07, 6.45) is 1.69. The Morgan fingerprint density at radius 2 is 1.84 bits per heavy atom. The number of benzene rings is 1. The van der Waals surface area contributed by atoms with E-state index in [1.54, 1.807) is 0 Å². The minimum absolute atomic E-state index is 0.412. The normalized spacial score (nSPS) is 20.9.